The van der Waals surface area contributed by atoms with Gasteiger partial charge in [0.15, 0.2) is 0 Å². The molecule has 28 heavy (non-hydrogen) atoms. The zero-order valence-electron chi connectivity index (χ0n) is 14.3. The van der Waals surface area contributed by atoms with Crippen LogP contribution in [0.25, 0.3) is 0 Å². The average molecular weight is 536 g/mol. The van der Waals surface area contributed by atoms with Crippen molar-refractivity contribution in [3.05, 3.63) is 68.1 Å². The van der Waals surface area contributed by atoms with E-state index in [4.69, 9.17) is 0 Å². The first-order chi connectivity index (χ1) is 12.8. The number of esters is 1. The highest BCUT2D eigenvalue weighted by atomic mass is 79.9. The van der Waals surface area contributed by atoms with E-state index in [0.29, 0.717) is 4.47 Å². The first-order valence-corrected chi connectivity index (χ1v) is 9.26. The lowest BCUT2D eigenvalue weighted by Gasteiger charge is -2.09. The fourth-order valence-corrected chi connectivity index (χ4v) is 2.90. The maximum atomic E-state index is 12.5. The van der Waals surface area contributed by atoms with Crippen LogP contribution in [0.5, 0.6) is 0 Å². The van der Waals surface area contributed by atoms with Crippen LogP contribution in [-0.2, 0) is 28.3 Å². The summed E-state index contributed by atoms with van der Waals surface area (Å²) in [6.07, 6.45) is -8.84. The molecule has 0 aliphatic rings. The highest BCUT2D eigenvalue weighted by Gasteiger charge is 2.31. The van der Waals surface area contributed by atoms with E-state index in [0.717, 1.165) is 24.3 Å². The molecule has 2 rings (SSSR count). The van der Waals surface area contributed by atoms with Crippen molar-refractivity contribution in [1.29, 1.82) is 0 Å². The van der Waals surface area contributed by atoms with Crippen LogP contribution in [-0.4, -0.2) is 12.6 Å². The number of ether oxygens (including phenoxy) is 1. The molecule has 0 aliphatic heterocycles. The first-order valence-electron chi connectivity index (χ1n) is 7.68. The molecule has 0 amide bonds. The molecule has 0 atom stereocenters. The number of alkyl halides is 6. The number of carbonyl (C=O) groups is 1. The predicted octanol–water partition coefficient (Wildman–Crippen LogP) is 7.04. The van der Waals surface area contributed by atoms with Crippen molar-refractivity contribution < 1.29 is 35.9 Å². The Morgan fingerprint density at radius 2 is 1.46 bits per heavy atom. The van der Waals surface area contributed by atoms with Gasteiger partial charge in [-0.25, -0.2) is 0 Å². The highest BCUT2D eigenvalue weighted by molar-refractivity contribution is 9.10. The Morgan fingerprint density at radius 3 is 1.93 bits per heavy atom. The van der Waals surface area contributed by atoms with Gasteiger partial charge in [-0.3, -0.25) is 4.79 Å². The minimum atomic E-state index is -4.42. The number of carbonyl (C=O) groups excluding carboxylic acids is 1. The lowest BCUT2D eigenvalue weighted by Crippen LogP contribution is -2.10. The normalized spacial score (nSPS) is 11.5. The van der Waals surface area contributed by atoms with Crippen molar-refractivity contribution in [2.45, 2.75) is 25.7 Å². The molecule has 0 heterocycles. The Bertz CT molecular complexity index is 803. The Labute approximate surface area is 174 Å². The van der Waals surface area contributed by atoms with E-state index in [1.807, 2.05) is 0 Å². The molecular formula is C18H14Br2F6O2. The number of rotatable bonds is 3. The van der Waals surface area contributed by atoms with Gasteiger partial charge in [0.2, 0.25) is 0 Å². The Morgan fingerprint density at radius 1 is 0.893 bits per heavy atom. The van der Waals surface area contributed by atoms with Crippen molar-refractivity contribution in [1.82, 2.24) is 0 Å². The number of hydrogen-bond donors (Lipinski definition) is 0. The minimum Gasteiger partial charge on any atom is -0.466 e. The Balaban J connectivity index is 0.000000307. The summed E-state index contributed by atoms with van der Waals surface area (Å²) in [7, 11) is 0. The largest absolute Gasteiger partial charge is 0.466 e. The van der Waals surface area contributed by atoms with Crippen LogP contribution in [0.2, 0.25) is 0 Å². The molecule has 2 aromatic rings. The van der Waals surface area contributed by atoms with E-state index >= 15 is 0 Å². The first kappa shape index (κ1) is 24.5. The smallest absolute Gasteiger partial charge is 0.416 e. The third-order valence-corrected chi connectivity index (χ3v) is 4.04. The topological polar surface area (TPSA) is 26.3 Å². The maximum Gasteiger partial charge on any atom is 0.416 e. The lowest BCUT2D eigenvalue weighted by atomic mass is 10.1. The molecule has 0 aromatic heterocycles. The highest BCUT2D eigenvalue weighted by Crippen LogP contribution is 2.32. The van der Waals surface area contributed by atoms with Crippen LogP contribution in [0.3, 0.4) is 0 Å². The molecule has 0 saturated heterocycles. The van der Waals surface area contributed by atoms with E-state index in [2.05, 4.69) is 36.6 Å². The summed E-state index contributed by atoms with van der Waals surface area (Å²) >= 11 is 5.94. The summed E-state index contributed by atoms with van der Waals surface area (Å²) in [6.45, 7) is 1.85. The summed E-state index contributed by atoms with van der Waals surface area (Å²) in [4.78, 5) is 11.2. The number of benzene rings is 2. The lowest BCUT2D eigenvalue weighted by molar-refractivity contribution is -0.142. The van der Waals surface area contributed by atoms with Crippen molar-refractivity contribution in [2.75, 3.05) is 6.61 Å². The van der Waals surface area contributed by atoms with Gasteiger partial charge in [-0.15, -0.1) is 0 Å². The predicted molar refractivity (Wildman–Crippen MR) is 98.6 cm³/mol. The molecular weight excluding hydrogens is 522 g/mol. The Hall–Kier alpha value is -1.55. The van der Waals surface area contributed by atoms with Crippen LogP contribution >= 0.6 is 31.9 Å². The van der Waals surface area contributed by atoms with Gasteiger partial charge in [0.05, 0.1) is 24.2 Å². The SMILES string of the molecule is CCOC(=O)Cc1cc(Br)cc(C(F)(F)F)c1.FC(F)(F)c1cccc(Br)c1. The van der Waals surface area contributed by atoms with Gasteiger partial charge >= 0.3 is 18.3 Å². The molecule has 10 heteroatoms. The second-order valence-corrected chi connectivity index (χ2v) is 7.17. The van der Waals surface area contributed by atoms with Crippen LogP contribution in [0, 0.1) is 0 Å². The van der Waals surface area contributed by atoms with Crippen LogP contribution in [0.1, 0.15) is 23.6 Å². The average Bonchev–Trinajstić information content (AvgIpc) is 2.53. The molecule has 0 saturated carbocycles. The van der Waals surface area contributed by atoms with Crippen molar-refractivity contribution in [3.63, 3.8) is 0 Å². The zero-order valence-corrected chi connectivity index (χ0v) is 17.5. The molecule has 0 unspecified atom stereocenters. The van der Waals surface area contributed by atoms with Gasteiger partial charge in [0.25, 0.3) is 0 Å². The molecule has 2 nitrogen and oxygen atoms in total. The quantitative estimate of drug-likeness (QED) is 0.311. The second kappa shape index (κ2) is 10.3. The fourth-order valence-electron chi connectivity index (χ4n) is 1.96. The molecule has 0 aliphatic carbocycles. The van der Waals surface area contributed by atoms with Gasteiger partial charge in [-0.2, -0.15) is 26.3 Å². The fraction of sp³-hybridized carbons (Fsp3) is 0.278. The molecule has 154 valence electrons. The monoisotopic (exact) mass is 534 g/mol. The van der Waals surface area contributed by atoms with Gasteiger partial charge in [-0.05, 0) is 48.9 Å². The maximum absolute atomic E-state index is 12.5. The molecule has 0 fully saturated rings. The van der Waals surface area contributed by atoms with Crippen molar-refractivity contribution in [2.24, 2.45) is 0 Å². The van der Waals surface area contributed by atoms with E-state index in [-0.39, 0.29) is 23.1 Å². The summed E-state index contributed by atoms with van der Waals surface area (Å²) in [5, 5.41) is 0. The van der Waals surface area contributed by atoms with Crippen LogP contribution < -0.4 is 0 Å². The van der Waals surface area contributed by atoms with Crippen LogP contribution in [0.15, 0.2) is 51.4 Å². The van der Waals surface area contributed by atoms with E-state index < -0.39 is 29.4 Å². The van der Waals surface area contributed by atoms with Crippen molar-refractivity contribution >= 4 is 37.8 Å². The zero-order chi connectivity index (χ0) is 21.5. The van der Waals surface area contributed by atoms with Gasteiger partial charge in [-0.1, -0.05) is 37.9 Å². The molecule has 0 N–H and O–H groups in total. The summed E-state index contributed by atoms with van der Waals surface area (Å²) in [5.74, 6) is -0.543. The van der Waals surface area contributed by atoms with Gasteiger partial charge < -0.3 is 4.74 Å². The number of hydrogen-bond acceptors (Lipinski definition) is 2. The van der Waals surface area contributed by atoms with Crippen LogP contribution in [0.4, 0.5) is 26.3 Å². The molecule has 0 spiro atoms. The number of halogens is 8. The van der Waals surface area contributed by atoms with Gasteiger partial charge in [0, 0.05) is 8.95 Å². The van der Waals surface area contributed by atoms with Gasteiger partial charge in [0.1, 0.15) is 0 Å². The summed E-state index contributed by atoms with van der Waals surface area (Å²) in [6, 6.07) is 8.36. The Kier molecular flexibility index (Phi) is 9.00. The minimum absolute atomic E-state index is 0.170. The van der Waals surface area contributed by atoms with E-state index in [9.17, 15) is 31.1 Å². The molecule has 0 radical (unpaired) electrons. The second-order valence-electron chi connectivity index (χ2n) is 5.34. The summed E-state index contributed by atoms with van der Waals surface area (Å²) in [5.41, 5.74) is -1.15. The van der Waals surface area contributed by atoms with Crippen molar-refractivity contribution in [3.8, 4) is 0 Å². The standard InChI is InChI=1S/C11H10BrF3O2.C7H4BrF3/c1-2-17-10(16)5-7-3-8(11(13,14)15)6-9(12)4-7;8-6-3-1-2-5(4-6)7(9,10)11/h3-4,6H,2,5H2,1H3;1-4H. The van der Waals surface area contributed by atoms with E-state index in [1.54, 1.807) is 13.0 Å². The molecule has 2 aromatic carbocycles. The third-order valence-electron chi connectivity index (χ3n) is 3.09. The summed E-state index contributed by atoms with van der Waals surface area (Å²) < 4.78 is 78.7. The molecule has 0 bridgehead atoms. The van der Waals surface area contributed by atoms with E-state index in [1.165, 1.54) is 12.1 Å². The third kappa shape index (κ3) is 8.64.